The van der Waals surface area contributed by atoms with Gasteiger partial charge in [-0.2, -0.15) is 0 Å². The van der Waals surface area contributed by atoms with Crippen LogP contribution in [0.4, 0.5) is 0 Å². The van der Waals surface area contributed by atoms with E-state index >= 15 is 0 Å². The van der Waals surface area contributed by atoms with Crippen molar-refractivity contribution in [2.45, 2.75) is 27.1 Å². The van der Waals surface area contributed by atoms with E-state index in [1.165, 1.54) is 0 Å². The molecular weight excluding hydrogens is 400 g/mol. The summed E-state index contributed by atoms with van der Waals surface area (Å²) in [5.41, 5.74) is 2.60. The molecule has 0 saturated carbocycles. The molecule has 6 nitrogen and oxygen atoms in total. The monoisotopic (exact) mass is 423 g/mol. The minimum atomic E-state index is -0.900. The van der Waals surface area contributed by atoms with Gasteiger partial charge in [-0.25, -0.2) is 9.59 Å². The summed E-state index contributed by atoms with van der Waals surface area (Å²) in [6.45, 7) is 6.26. The molecule has 1 radical (unpaired) electrons. The minimum absolute atomic E-state index is 0. The number of hydrogen-bond acceptors (Lipinski definition) is 4. The van der Waals surface area contributed by atoms with Gasteiger partial charge in [0.2, 0.25) is 0 Å². The second-order valence-corrected chi connectivity index (χ2v) is 5.28. The summed E-state index contributed by atoms with van der Waals surface area (Å²) in [6, 6.07) is 13.4. The fourth-order valence-electron chi connectivity index (χ4n) is 1.93. The number of rotatable bonds is 8. The van der Waals surface area contributed by atoms with E-state index < -0.39 is 11.9 Å². The Balaban J connectivity index is 0.000000483. The quantitative estimate of drug-likeness (QED) is 0.626. The Bertz CT molecular complexity index is 621. The van der Waals surface area contributed by atoms with Gasteiger partial charge < -0.3 is 19.7 Å². The summed E-state index contributed by atoms with van der Waals surface area (Å²) in [4.78, 5) is 21.0. The molecule has 0 unspecified atom stereocenters. The molecule has 0 amide bonds. The molecule has 2 aromatic rings. The average molecular weight is 424 g/mol. The molecule has 0 atom stereocenters. The third-order valence-corrected chi connectivity index (χ3v) is 3.35. The molecular formula is C20H24CuO6. The largest absolute Gasteiger partial charge is 0.478 e. The van der Waals surface area contributed by atoms with Crippen LogP contribution in [0, 0.1) is 0 Å². The van der Waals surface area contributed by atoms with Crippen molar-refractivity contribution >= 4 is 11.9 Å². The molecule has 0 aliphatic carbocycles. The summed E-state index contributed by atoms with van der Waals surface area (Å²) in [7, 11) is 0. The van der Waals surface area contributed by atoms with Gasteiger partial charge in [0.05, 0.1) is 24.3 Å². The van der Waals surface area contributed by atoms with Crippen LogP contribution >= 0.6 is 0 Å². The predicted octanol–water partition coefficient (Wildman–Crippen LogP) is 3.84. The zero-order valence-corrected chi connectivity index (χ0v) is 16.2. The topological polar surface area (TPSA) is 93.1 Å². The number of carbonyl (C=O) groups is 2. The van der Waals surface area contributed by atoms with E-state index in [1.807, 2.05) is 13.8 Å². The Morgan fingerprint density at radius 1 is 0.704 bits per heavy atom. The molecule has 0 saturated heterocycles. The van der Waals surface area contributed by atoms with Gasteiger partial charge in [0.15, 0.2) is 0 Å². The van der Waals surface area contributed by atoms with Crippen molar-refractivity contribution in [3.63, 3.8) is 0 Å². The number of benzene rings is 2. The second kappa shape index (κ2) is 13.9. The normalized spacial score (nSPS) is 9.56. The Morgan fingerprint density at radius 2 is 1.00 bits per heavy atom. The molecule has 0 heterocycles. The zero-order chi connectivity index (χ0) is 19.4. The molecule has 2 N–H and O–H groups in total. The van der Waals surface area contributed by atoms with E-state index in [0.717, 1.165) is 11.1 Å². The first kappa shape index (κ1) is 24.8. The molecule has 0 aliphatic heterocycles. The summed E-state index contributed by atoms with van der Waals surface area (Å²) < 4.78 is 10.3. The van der Waals surface area contributed by atoms with Gasteiger partial charge >= 0.3 is 11.9 Å². The van der Waals surface area contributed by atoms with Crippen LogP contribution in [0.2, 0.25) is 0 Å². The van der Waals surface area contributed by atoms with Crippen molar-refractivity contribution in [2.24, 2.45) is 0 Å². The molecule has 2 aromatic carbocycles. The van der Waals surface area contributed by atoms with Crippen LogP contribution in [0.1, 0.15) is 45.7 Å². The van der Waals surface area contributed by atoms with E-state index in [2.05, 4.69) is 0 Å². The Labute approximate surface area is 169 Å². The van der Waals surface area contributed by atoms with Crippen molar-refractivity contribution in [1.29, 1.82) is 0 Å². The van der Waals surface area contributed by atoms with E-state index in [4.69, 9.17) is 19.7 Å². The van der Waals surface area contributed by atoms with Gasteiger partial charge in [0, 0.05) is 30.3 Å². The van der Waals surface area contributed by atoms with Gasteiger partial charge in [-0.1, -0.05) is 24.3 Å². The minimum Gasteiger partial charge on any atom is -0.478 e. The van der Waals surface area contributed by atoms with Gasteiger partial charge in [-0.3, -0.25) is 0 Å². The maximum Gasteiger partial charge on any atom is 0.335 e. The summed E-state index contributed by atoms with van der Waals surface area (Å²) in [5.74, 6) is -1.80. The SMILES string of the molecule is CCOCc1ccc(C(=O)O)cc1.CCOCc1ccc(C(=O)O)cc1.[Cu]. The fourth-order valence-corrected chi connectivity index (χ4v) is 1.93. The number of aromatic carboxylic acids is 2. The van der Waals surface area contributed by atoms with Gasteiger partial charge in [0.1, 0.15) is 0 Å². The molecule has 0 aliphatic rings. The van der Waals surface area contributed by atoms with Crippen LogP contribution in [-0.2, 0) is 39.8 Å². The van der Waals surface area contributed by atoms with E-state index in [1.54, 1.807) is 48.5 Å². The van der Waals surface area contributed by atoms with Crippen molar-refractivity contribution < 1.29 is 46.3 Å². The Kier molecular flexibility index (Phi) is 12.8. The third-order valence-electron chi connectivity index (χ3n) is 3.35. The van der Waals surface area contributed by atoms with Crippen molar-refractivity contribution in [2.75, 3.05) is 13.2 Å². The van der Waals surface area contributed by atoms with Crippen LogP contribution in [0.5, 0.6) is 0 Å². The second-order valence-electron chi connectivity index (χ2n) is 5.28. The van der Waals surface area contributed by atoms with Crippen molar-refractivity contribution in [3.8, 4) is 0 Å². The maximum absolute atomic E-state index is 10.5. The Hall–Kier alpha value is -2.18. The van der Waals surface area contributed by atoms with Crippen molar-refractivity contribution in [1.82, 2.24) is 0 Å². The van der Waals surface area contributed by atoms with Gasteiger partial charge in [-0.15, -0.1) is 0 Å². The van der Waals surface area contributed by atoms with Crippen LogP contribution in [0.3, 0.4) is 0 Å². The number of carboxylic acids is 2. The standard InChI is InChI=1S/2C10H12O3.Cu/c2*1-2-13-7-8-3-5-9(6-4-8)10(11)12;/h2*3-6H,2,7H2,1H3,(H,11,12);. The number of hydrogen-bond donors (Lipinski definition) is 2. The molecule has 7 heteroatoms. The molecule has 0 spiro atoms. The maximum atomic E-state index is 10.5. The molecule has 2 rings (SSSR count). The van der Waals surface area contributed by atoms with Crippen LogP contribution < -0.4 is 0 Å². The van der Waals surface area contributed by atoms with E-state index in [9.17, 15) is 9.59 Å². The number of ether oxygens (including phenoxy) is 2. The molecule has 151 valence electrons. The first-order chi connectivity index (χ1) is 12.5. The first-order valence-corrected chi connectivity index (χ1v) is 8.27. The van der Waals surface area contributed by atoms with Gasteiger partial charge in [-0.05, 0) is 49.2 Å². The smallest absolute Gasteiger partial charge is 0.335 e. The van der Waals surface area contributed by atoms with Crippen molar-refractivity contribution in [3.05, 3.63) is 70.8 Å². The fraction of sp³-hybridized carbons (Fsp3) is 0.300. The van der Waals surface area contributed by atoms with Crippen LogP contribution in [0.15, 0.2) is 48.5 Å². The molecule has 0 bridgehead atoms. The Morgan fingerprint density at radius 3 is 1.22 bits per heavy atom. The van der Waals surface area contributed by atoms with Crippen LogP contribution in [0.25, 0.3) is 0 Å². The third kappa shape index (κ3) is 9.91. The zero-order valence-electron chi connectivity index (χ0n) is 15.3. The summed E-state index contributed by atoms with van der Waals surface area (Å²) in [6.07, 6.45) is 0. The average Bonchev–Trinajstić information content (AvgIpc) is 2.66. The molecule has 27 heavy (non-hydrogen) atoms. The molecule has 0 fully saturated rings. The summed E-state index contributed by atoms with van der Waals surface area (Å²) >= 11 is 0. The van der Waals surface area contributed by atoms with E-state index in [0.29, 0.717) is 37.6 Å². The van der Waals surface area contributed by atoms with E-state index in [-0.39, 0.29) is 17.1 Å². The van der Waals surface area contributed by atoms with Gasteiger partial charge in [0.25, 0.3) is 0 Å². The molecule has 0 aromatic heterocycles. The number of carboxylic acid groups (broad SMARTS) is 2. The van der Waals surface area contributed by atoms with Crippen LogP contribution in [-0.4, -0.2) is 35.4 Å². The first-order valence-electron chi connectivity index (χ1n) is 8.27. The predicted molar refractivity (Wildman–Crippen MR) is 97.5 cm³/mol. The summed E-state index contributed by atoms with van der Waals surface area (Å²) in [5, 5.41) is 17.2.